The van der Waals surface area contributed by atoms with Crippen LogP contribution in [0, 0.1) is 0 Å². The second kappa shape index (κ2) is 10.4. The number of nitrogens with two attached hydrogens (primary N) is 1. The van der Waals surface area contributed by atoms with Gasteiger partial charge < -0.3 is 11.1 Å². The zero-order valence-electron chi connectivity index (χ0n) is 13.1. The molecule has 1 rings (SSSR count). The molecule has 3 N–H and O–H groups in total. The predicted molar refractivity (Wildman–Crippen MR) is 88.8 cm³/mol. The van der Waals surface area contributed by atoms with E-state index in [0.717, 1.165) is 17.3 Å². The molecule has 0 aliphatic carbocycles. The molecule has 24 heavy (non-hydrogen) atoms. The Morgan fingerprint density at radius 2 is 1.88 bits per heavy atom. The number of alkyl halides is 3. The van der Waals surface area contributed by atoms with Crippen molar-refractivity contribution in [2.75, 3.05) is 18.1 Å². The highest BCUT2D eigenvalue weighted by molar-refractivity contribution is 7.99. The summed E-state index contributed by atoms with van der Waals surface area (Å²) in [5, 5.41) is 2.74. The van der Waals surface area contributed by atoms with E-state index < -0.39 is 23.8 Å². The maximum absolute atomic E-state index is 12.0. The van der Waals surface area contributed by atoms with E-state index in [0.29, 0.717) is 31.6 Å². The van der Waals surface area contributed by atoms with Crippen molar-refractivity contribution < 1.29 is 22.8 Å². The Balaban J connectivity index is 2.10. The Labute approximate surface area is 143 Å². The molecule has 1 amide bonds. The number of hydrogen-bond donors (Lipinski definition) is 2. The molecule has 0 saturated carbocycles. The lowest BCUT2D eigenvalue weighted by Gasteiger charge is -2.12. The van der Waals surface area contributed by atoms with Crippen LogP contribution >= 0.6 is 11.8 Å². The molecule has 4 nitrogen and oxygen atoms in total. The zero-order chi connectivity index (χ0) is 18.0. The summed E-state index contributed by atoms with van der Waals surface area (Å²) in [4.78, 5) is 22.5. The molecule has 0 saturated heterocycles. The lowest BCUT2D eigenvalue weighted by atomic mass is 10.1. The highest BCUT2D eigenvalue weighted by Gasteiger charge is 2.37. The summed E-state index contributed by atoms with van der Waals surface area (Å²) in [6.07, 6.45) is -3.23. The van der Waals surface area contributed by atoms with Gasteiger partial charge in [-0.2, -0.15) is 24.9 Å². The SMILES string of the molecule is N[C@@H](CCCSCC(=O)C(F)(F)F)C(=O)NCCc1ccccc1. The van der Waals surface area contributed by atoms with Crippen molar-refractivity contribution in [3.05, 3.63) is 35.9 Å². The molecular weight excluding hydrogens is 341 g/mol. The van der Waals surface area contributed by atoms with E-state index in [1.165, 1.54) is 0 Å². The third-order valence-electron chi connectivity index (χ3n) is 3.25. The van der Waals surface area contributed by atoms with Crippen LogP contribution in [-0.4, -0.2) is 42.0 Å². The van der Waals surface area contributed by atoms with Gasteiger partial charge in [0.2, 0.25) is 11.7 Å². The molecule has 8 heteroatoms. The van der Waals surface area contributed by atoms with Gasteiger partial charge in [0.1, 0.15) is 0 Å². The van der Waals surface area contributed by atoms with E-state index in [1.807, 2.05) is 30.3 Å². The normalized spacial score (nSPS) is 12.7. The maximum atomic E-state index is 12.0. The fraction of sp³-hybridized carbons (Fsp3) is 0.500. The van der Waals surface area contributed by atoms with Gasteiger partial charge in [-0.25, -0.2) is 0 Å². The minimum absolute atomic E-state index is 0.276. The van der Waals surface area contributed by atoms with Crippen LogP contribution in [0.25, 0.3) is 0 Å². The van der Waals surface area contributed by atoms with Crippen LogP contribution in [-0.2, 0) is 16.0 Å². The third-order valence-corrected chi connectivity index (χ3v) is 4.29. The number of ketones is 1. The van der Waals surface area contributed by atoms with E-state index >= 15 is 0 Å². The van der Waals surface area contributed by atoms with Crippen LogP contribution in [0.15, 0.2) is 30.3 Å². The molecule has 1 aromatic carbocycles. The highest BCUT2D eigenvalue weighted by Crippen LogP contribution is 2.19. The molecule has 0 bridgehead atoms. The lowest BCUT2D eigenvalue weighted by Crippen LogP contribution is -2.41. The number of benzene rings is 1. The van der Waals surface area contributed by atoms with E-state index in [1.54, 1.807) is 0 Å². The molecule has 0 radical (unpaired) electrons. The van der Waals surface area contributed by atoms with Crippen LogP contribution in [0.2, 0.25) is 0 Å². The Morgan fingerprint density at radius 1 is 1.21 bits per heavy atom. The quantitative estimate of drug-likeness (QED) is 0.627. The Kier molecular flexibility index (Phi) is 8.84. The number of nitrogens with one attached hydrogen (secondary N) is 1. The van der Waals surface area contributed by atoms with Gasteiger partial charge in [-0.1, -0.05) is 30.3 Å². The summed E-state index contributed by atoms with van der Waals surface area (Å²) >= 11 is 0.900. The average Bonchev–Trinajstić information content (AvgIpc) is 2.54. The Bertz CT molecular complexity index is 524. The summed E-state index contributed by atoms with van der Waals surface area (Å²) in [5.74, 6) is -2.26. The van der Waals surface area contributed by atoms with Crippen LogP contribution < -0.4 is 11.1 Å². The van der Waals surface area contributed by atoms with E-state index in [4.69, 9.17) is 5.73 Å². The molecule has 134 valence electrons. The van der Waals surface area contributed by atoms with Crippen molar-refractivity contribution in [1.82, 2.24) is 5.32 Å². The van der Waals surface area contributed by atoms with Crippen molar-refractivity contribution in [3.8, 4) is 0 Å². The number of hydrogen-bond acceptors (Lipinski definition) is 4. The maximum Gasteiger partial charge on any atom is 0.450 e. The predicted octanol–water partition coefficient (Wildman–Crippen LogP) is 2.32. The van der Waals surface area contributed by atoms with Gasteiger partial charge in [0.05, 0.1) is 11.8 Å². The van der Waals surface area contributed by atoms with Gasteiger partial charge in [-0.15, -0.1) is 0 Å². The second-order valence-corrected chi connectivity index (χ2v) is 6.35. The monoisotopic (exact) mass is 362 g/mol. The first-order valence-electron chi connectivity index (χ1n) is 7.55. The van der Waals surface area contributed by atoms with Crippen molar-refractivity contribution in [1.29, 1.82) is 0 Å². The molecule has 0 unspecified atom stereocenters. The largest absolute Gasteiger partial charge is 0.450 e. The first-order valence-corrected chi connectivity index (χ1v) is 8.71. The molecule has 0 spiro atoms. The van der Waals surface area contributed by atoms with Crippen LogP contribution in [0.5, 0.6) is 0 Å². The molecule has 0 fully saturated rings. The topological polar surface area (TPSA) is 72.2 Å². The summed E-state index contributed by atoms with van der Waals surface area (Å²) < 4.78 is 36.0. The molecule has 0 aliphatic heterocycles. The summed E-state index contributed by atoms with van der Waals surface area (Å²) in [5.41, 5.74) is 6.85. The molecular formula is C16H21F3N2O2S. The van der Waals surface area contributed by atoms with Crippen LogP contribution in [0.3, 0.4) is 0 Å². The number of amides is 1. The molecule has 1 aromatic rings. The zero-order valence-corrected chi connectivity index (χ0v) is 14.0. The second-order valence-electron chi connectivity index (χ2n) is 5.25. The average molecular weight is 362 g/mol. The van der Waals surface area contributed by atoms with Crippen molar-refractivity contribution in [2.24, 2.45) is 5.73 Å². The summed E-state index contributed by atoms with van der Waals surface area (Å²) in [6.45, 7) is 0.478. The van der Waals surface area contributed by atoms with Crippen LogP contribution in [0.1, 0.15) is 18.4 Å². The third kappa shape index (κ3) is 8.35. The summed E-state index contributed by atoms with van der Waals surface area (Å²) in [7, 11) is 0. The Morgan fingerprint density at radius 3 is 2.50 bits per heavy atom. The molecule has 1 atom stereocenters. The van der Waals surface area contributed by atoms with E-state index in [9.17, 15) is 22.8 Å². The van der Waals surface area contributed by atoms with Gasteiger partial charge in [-0.05, 0) is 30.6 Å². The van der Waals surface area contributed by atoms with E-state index in [-0.39, 0.29) is 5.91 Å². The Hall–Kier alpha value is -1.54. The fourth-order valence-corrected chi connectivity index (χ4v) is 2.75. The first-order chi connectivity index (χ1) is 11.3. The standard InChI is InChI=1S/C16H21F3N2O2S/c17-16(18,19)14(22)11-24-10-4-7-13(20)15(23)21-9-8-12-5-2-1-3-6-12/h1-3,5-6,13H,4,7-11,20H2,(H,21,23)/t13-/m0/s1. The number of Topliss-reactive ketones (excluding diaryl/α,β-unsaturated/α-hetero) is 1. The number of carbonyl (C=O) groups excluding carboxylic acids is 2. The van der Waals surface area contributed by atoms with Crippen molar-refractivity contribution >= 4 is 23.5 Å². The fourth-order valence-electron chi connectivity index (χ4n) is 1.89. The highest BCUT2D eigenvalue weighted by atomic mass is 32.2. The smallest absolute Gasteiger partial charge is 0.354 e. The van der Waals surface area contributed by atoms with Gasteiger partial charge in [-0.3, -0.25) is 9.59 Å². The minimum atomic E-state index is -4.78. The molecule has 0 aromatic heterocycles. The first kappa shape index (κ1) is 20.5. The lowest BCUT2D eigenvalue weighted by molar-refractivity contribution is -0.167. The van der Waals surface area contributed by atoms with E-state index in [2.05, 4.69) is 5.32 Å². The van der Waals surface area contributed by atoms with Gasteiger partial charge in [0.25, 0.3) is 0 Å². The molecule has 0 heterocycles. The minimum Gasteiger partial charge on any atom is -0.354 e. The molecule has 0 aliphatic rings. The number of rotatable bonds is 10. The van der Waals surface area contributed by atoms with Gasteiger partial charge in [0, 0.05) is 6.54 Å². The number of thioether (sulfide) groups is 1. The van der Waals surface area contributed by atoms with Crippen molar-refractivity contribution in [3.63, 3.8) is 0 Å². The number of carbonyl (C=O) groups is 2. The van der Waals surface area contributed by atoms with Crippen LogP contribution in [0.4, 0.5) is 13.2 Å². The van der Waals surface area contributed by atoms with Gasteiger partial charge in [0.15, 0.2) is 0 Å². The number of halogens is 3. The van der Waals surface area contributed by atoms with Gasteiger partial charge >= 0.3 is 6.18 Å². The summed E-state index contributed by atoms with van der Waals surface area (Å²) in [6, 6.07) is 8.99. The van der Waals surface area contributed by atoms with Crippen molar-refractivity contribution in [2.45, 2.75) is 31.5 Å².